The van der Waals surface area contributed by atoms with Crippen LogP contribution in [0.25, 0.3) is 6.08 Å². The molecule has 2 heterocycles. The molecule has 1 aromatic rings. The first-order valence-corrected chi connectivity index (χ1v) is 8.73. The van der Waals surface area contributed by atoms with E-state index in [1.165, 1.54) is 36.7 Å². The first kappa shape index (κ1) is 14.7. The molecule has 1 aromatic carbocycles. The van der Waals surface area contributed by atoms with Gasteiger partial charge in [0, 0.05) is 24.2 Å². The Morgan fingerprint density at radius 1 is 1.35 bits per heavy atom. The second kappa shape index (κ2) is 5.65. The minimum Gasteiger partial charge on any atom is -0.309 e. The van der Waals surface area contributed by atoms with Crippen LogP contribution in [-0.4, -0.2) is 33.3 Å². The lowest BCUT2D eigenvalue weighted by Crippen LogP contribution is -2.40. The molecule has 7 heteroatoms. The van der Waals surface area contributed by atoms with Crippen LogP contribution in [0.3, 0.4) is 0 Å². The average molecular weight is 331 g/mol. The van der Waals surface area contributed by atoms with Gasteiger partial charge in [0.2, 0.25) is 0 Å². The Bertz CT molecular complexity index is 706. The van der Waals surface area contributed by atoms with E-state index in [9.17, 15) is 14.9 Å². The number of hydrogen-bond donors (Lipinski definition) is 1. The molecule has 3 unspecified atom stereocenters. The summed E-state index contributed by atoms with van der Waals surface area (Å²) in [5.41, 5.74) is 0.748. The number of nitrogens with zero attached hydrogens (tertiary/aromatic N) is 2. The highest BCUT2D eigenvalue weighted by atomic mass is 32.2. The highest BCUT2D eigenvalue weighted by Gasteiger charge is 2.49. The number of nitrogens with one attached hydrogen (secondary N) is 1. The molecule has 3 fully saturated rings. The summed E-state index contributed by atoms with van der Waals surface area (Å²) < 4.78 is 0. The number of benzene rings is 1. The third-order valence-corrected chi connectivity index (χ3v) is 5.89. The molecule has 120 valence electrons. The molecule has 2 aliphatic heterocycles. The van der Waals surface area contributed by atoms with Crippen molar-refractivity contribution in [1.29, 1.82) is 0 Å². The van der Waals surface area contributed by atoms with Gasteiger partial charge in [0.15, 0.2) is 0 Å². The molecule has 23 heavy (non-hydrogen) atoms. The van der Waals surface area contributed by atoms with Crippen LogP contribution in [0.2, 0.25) is 0 Å². The fraction of sp³-hybridized carbons (Fsp3) is 0.438. The number of carbonyl (C=O) groups excluding carboxylic acids is 1. The van der Waals surface area contributed by atoms with E-state index in [0.717, 1.165) is 12.8 Å². The Labute approximate surface area is 138 Å². The van der Waals surface area contributed by atoms with Crippen LogP contribution < -0.4 is 5.32 Å². The average Bonchev–Trinajstić information content (AvgIpc) is 3.05. The summed E-state index contributed by atoms with van der Waals surface area (Å²) in [4.78, 5) is 25.8. The maximum Gasteiger partial charge on any atom is 0.270 e. The largest absolute Gasteiger partial charge is 0.309 e. The van der Waals surface area contributed by atoms with Crippen LogP contribution in [0.15, 0.2) is 29.2 Å². The minimum absolute atomic E-state index is 0.0144. The van der Waals surface area contributed by atoms with Crippen molar-refractivity contribution in [2.45, 2.75) is 43.3 Å². The second-order valence-corrected chi connectivity index (χ2v) is 7.29. The molecule has 0 radical (unpaired) electrons. The van der Waals surface area contributed by atoms with Gasteiger partial charge in [-0.1, -0.05) is 36.7 Å². The van der Waals surface area contributed by atoms with Crippen molar-refractivity contribution >= 4 is 29.4 Å². The van der Waals surface area contributed by atoms with E-state index < -0.39 is 4.92 Å². The highest BCUT2D eigenvalue weighted by Crippen LogP contribution is 2.43. The van der Waals surface area contributed by atoms with Crippen LogP contribution in [0.1, 0.15) is 31.2 Å². The van der Waals surface area contributed by atoms with Crippen LogP contribution in [0.4, 0.5) is 5.69 Å². The molecule has 3 aliphatic rings. The molecule has 1 saturated carbocycles. The van der Waals surface area contributed by atoms with E-state index in [1.54, 1.807) is 18.2 Å². The smallest absolute Gasteiger partial charge is 0.270 e. The van der Waals surface area contributed by atoms with Gasteiger partial charge in [0.1, 0.15) is 5.50 Å². The molecule has 1 N–H and O–H groups in total. The van der Waals surface area contributed by atoms with Crippen LogP contribution in [0.5, 0.6) is 0 Å². The molecule has 2 saturated heterocycles. The Morgan fingerprint density at radius 3 is 3.00 bits per heavy atom. The van der Waals surface area contributed by atoms with Crippen LogP contribution in [0, 0.1) is 10.1 Å². The fourth-order valence-electron chi connectivity index (χ4n) is 3.70. The second-order valence-electron chi connectivity index (χ2n) is 6.17. The van der Waals surface area contributed by atoms with Gasteiger partial charge in [-0.2, -0.15) is 0 Å². The summed E-state index contributed by atoms with van der Waals surface area (Å²) in [6.45, 7) is 0. The molecule has 3 atom stereocenters. The number of amides is 1. The van der Waals surface area contributed by atoms with Gasteiger partial charge in [-0.05, 0) is 24.5 Å². The highest BCUT2D eigenvalue weighted by molar-refractivity contribution is 8.05. The summed E-state index contributed by atoms with van der Waals surface area (Å²) in [5, 5.41) is 14.4. The van der Waals surface area contributed by atoms with E-state index in [4.69, 9.17) is 0 Å². The SMILES string of the molecule is O=C1C(=Cc2cccc([N+](=O)[O-])c2)SC2NC3CCCCC3N12. The molecular formula is C16H17N3O3S. The molecule has 6 nitrogen and oxygen atoms in total. The summed E-state index contributed by atoms with van der Waals surface area (Å²) in [7, 11) is 0. The Kier molecular flexibility index (Phi) is 3.61. The van der Waals surface area contributed by atoms with E-state index in [-0.39, 0.29) is 17.1 Å². The molecule has 0 aromatic heterocycles. The normalized spacial score (nSPS) is 31.3. The summed E-state index contributed by atoms with van der Waals surface area (Å²) in [6, 6.07) is 7.10. The van der Waals surface area contributed by atoms with Crippen molar-refractivity contribution in [3.05, 3.63) is 44.8 Å². The van der Waals surface area contributed by atoms with Gasteiger partial charge in [-0.25, -0.2) is 0 Å². The fourth-order valence-corrected chi connectivity index (χ4v) is 4.96. The molecule has 0 bridgehead atoms. The Balaban J connectivity index is 1.59. The Morgan fingerprint density at radius 2 is 2.17 bits per heavy atom. The lowest BCUT2D eigenvalue weighted by molar-refractivity contribution is -0.384. The number of nitro groups is 1. The van der Waals surface area contributed by atoms with Gasteiger partial charge in [0.05, 0.1) is 9.83 Å². The minimum atomic E-state index is -0.419. The number of nitro benzene ring substituents is 1. The van der Waals surface area contributed by atoms with Gasteiger partial charge in [-0.3, -0.25) is 20.2 Å². The number of thioether (sulfide) groups is 1. The van der Waals surface area contributed by atoms with Crippen molar-refractivity contribution in [1.82, 2.24) is 10.2 Å². The summed E-state index contributed by atoms with van der Waals surface area (Å²) in [6.07, 6.45) is 6.36. The van der Waals surface area contributed by atoms with Crippen LogP contribution >= 0.6 is 11.8 Å². The van der Waals surface area contributed by atoms with Gasteiger partial charge < -0.3 is 4.90 Å². The summed E-state index contributed by atoms with van der Waals surface area (Å²) in [5.74, 6) is 0.0495. The first-order valence-electron chi connectivity index (χ1n) is 7.85. The van der Waals surface area contributed by atoms with Gasteiger partial charge >= 0.3 is 0 Å². The van der Waals surface area contributed by atoms with Gasteiger partial charge in [-0.15, -0.1) is 0 Å². The lowest BCUT2D eigenvalue weighted by Gasteiger charge is -2.29. The number of non-ortho nitro benzene ring substituents is 1. The molecule has 1 aliphatic carbocycles. The third kappa shape index (κ3) is 2.53. The zero-order chi connectivity index (χ0) is 16.0. The maximum atomic E-state index is 12.7. The van der Waals surface area contributed by atoms with Crippen molar-refractivity contribution < 1.29 is 9.72 Å². The van der Waals surface area contributed by atoms with E-state index in [2.05, 4.69) is 5.32 Å². The number of fused-ring (bicyclic) bond motifs is 3. The predicted molar refractivity (Wildman–Crippen MR) is 88.5 cm³/mol. The van der Waals surface area contributed by atoms with Crippen molar-refractivity contribution in [3.8, 4) is 0 Å². The maximum absolute atomic E-state index is 12.7. The standard InChI is InChI=1S/C16H17N3O3S/c20-15-14(9-10-4-3-5-11(8-10)19(21)22)23-16-17-12-6-1-2-7-13(12)18(15)16/h3-5,8-9,12-13,16-17H,1-2,6-7H2. The molecular weight excluding hydrogens is 314 g/mol. The zero-order valence-corrected chi connectivity index (χ0v) is 13.3. The molecule has 0 spiro atoms. The van der Waals surface area contributed by atoms with Crippen molar-refractivity contribution in [2.24, 2.45) is 0 Å². The van der Waals surface area contributed by atoms with Crippen molar-refractivity contribution in [2.75, 3.05) is 0 Å². The zero-order valence-electron chi connectivity index (χ0n) is 12.5. The van der Waals surface area contributed by atoms with Gasteiger partial charge in [0.25, 0.3) is 11.6 Å². The monoisotopic (exact) mass is 331 g/mol. The quantitative estimate of drug-likeness (QED) is 0.512. The number of rotatable bonds is 2. The molecule has 4 rings (SSSR count). The van der Waals surface area contributed by atoms with Crippen molar-refractivity contribution in [3.63, 3.8) is 0 Å². The first-order chi connectivity index (χ1) is 11.1. The van der Waals surface area contributed by atoms with E-state index in [1.807, 2.05) is 4.90 Å². The third-order valence-electron chi connectivity index (χ3n) is 4.76. The lowest BCUT2D eigenvalue weighted by atomic mass is 9.91. The number of carbonyl (C=O) groups is 1. The summed E-state index contributed by atoms with van der Waals surface area (Å²) >= 11 is 1.52. The van der Waals surface area contributed by atoms with Crippen LogP contribution in [-0.2, 0) is 4.79 Å². The topological polar surface area (TPSA) is 75.5 Å². The predicted octanol–water partition coefficient (Wildman–Crippen LogP) is 2.71. The number of hydrogen-bond acceptors (Lipinski definition) is 5. The molecule has 1 amide bonds. The van der Waals surface area contributed by atoms with E-state index >= 15 is 0 Å². The van der Waals surface area contributed by atoms with E-state index in [0.29, 0.717) is 22.6 Å². The Hall–Kier alpha value is -1.86.